The molecule has 2 aromatic rings. The van der Waals surface area contributed by atoms with Crippen LogP contribution in [0, 0.1) is 0 Å². The van der Waals surface area contributed by atoms with Crippen molar-refractivity contribution >= 4 is 31.3 Å². The maximum Gasteiger partial charge on any atom is 0.0771 e. The zero-order valence-corrected chi connectivity index (χ0v) is 11.7. The standard InChI is InChI=1S/C13H12BrNOS/c1-17(16,13-5-3-2-4-6-13)15-12-9-7-11(14)8-10-12/h2-10H,1H3/t17-/m0/s1. The second kappa shape index (κ2) is 5.02. The van der Waals surface area contributed by atoms with E-state index in [-0.39, 0.29) is 0 Å². The van der Waals surface area contributed by atoms with Crippen molar-refractivity contribution in [2.75, 3.05) is 6.26 Å². The highest BCUT2D eigenvalue weighted by molar-refractivity contribution is 9.10. The molecule has 0 spiro atoms. The monoisotopic (exact) mass is 309 g/mol. The second-order valence-electron chi connectivity index (χ2n) is 3.68. The van der Waals surface area contributed by atoms with Gasteiger partial charge in [0, 0.05) is 15.6 Å². The SMILES string of the molecule is C[S@@](=O)(=Nc1ccc(Br)cc1)c1ccccc1. The van der Waals surface area contributed by atoms with Crippen molar-refractivity contribution in [3.8, 4) is 0 Å². The van der Waals surface area contributed by atoms with E-state index in [4.69, 9.17) is 0 Å². The number of hydrogen-bond acceptors (Lipinski definition) is 2. The summed E-state index contributed by atoms with van der Waals surface area (Å²) < 4.78 is 17.8. The molecule has 0 N–H and O–H groups in total. The molecule has 0 bridgehead atoms. The molecule has 0 aliphatic carbocycles. The van der Waals surface area contributed by atoms with Gasteiger partial charge in [0.05, 0.1) is 15.4 Å². The van der Waals surface area contributed by atoms with Crippen LogP contribution in [0.1, 0.15) is 0 Å². The zero-order valence-electron chi connectivity index (χ0n) is 9.34. The summed E-state index contributed by atoms with van der Waals surface area (Å²) in [6.45, 7) is 0. The summed E-state index contributed by atoms with van der Waals surface area (Å²) in [6, 6.07) is 16.8. The lowest BCUT2D eigenvalue weighted by molar-refractivity contribution is 0.681. The fourth-order valence-corrected chi connectivity index (χ4v) is 2.98. The predicted molar refractivity (Wildman–Crippen MR) is 75.0 cm³/mol. The Bertz CT molecular complexity index is 614. The molecule has 2 aromatic carbocycles. The lowest BCUT2D eigenvalue weighted by Gasteiger charge is -2.04. The van der Waals surface area contributed by atoms with E-state index < -0.39 is 9.73 Å². The smallest absolute Gasteiger partial charge is 0.0771 e. The van der Waals surface area contributed by atoms with E-state index >= 15 is 0 Å². The highest BCUT2D eigenvalue weighted by Crippen LogP contribution is 2.21. The Kier molecular flexibility index (Phi) is 3.64. The van der Waals surface area contributed by atoms with Crippen molar-refractivity contribution in [2.45, 2.75) is 4.90 Å². The van der Waals surface area contributed by atoms with Crippen LogP contribution in [0.2, 0.25) is 0 Å². The van der Waals surface area contributed by atoms with Gasteiger partial charge < -0.3 is 0 Å². The van der Waals surface area contributed by atoms with Gasteiger partial charge >= 0.3 is 0 Å². The molecule has 0 radical (unpaired) electrons. The Morgan fingerprint density at radius 2 is 1.59 bits per heavy atom. The van der Waals surface area contributed by atoms with Gasteiger partial charge in [-0.05, 0) is 36.4 Å². The minimum absolute atomic E-state index is 0.726. The maximum atomic E-state index is 12.5. The average Bonchev–Trinajstić information content (AvgIpc) is 2.33. The van der Waals surface area contributed by atoms with Crippen molar-refractivity contribution in [2.24, 2.45) is 4.36 Å². The second-order valence-corrected chi connectivity index (χ2v) is 6.86. The number of nitrogens with zero attached hydrogens (tertiary/aromatic N) is 1. The highest BCUT2D eigenvalue weighted by Gasteiger charge is 2.04. The molecule has 0 aliphatic heterocycles. The fraction of sp³-hybridized carbons (Fsp3) is 0.0769. The van der Waals surface area contributed by atoms with Gasteiger partial charge in [-0.15, -0.1) is 0 Å². The quantitative estimate of drug-likeness (QED) is 0.816. The number of rotatable bonds is 2. The van der Waals surface area contributed by atoms with Crippen LogP contribution in [-0.2, 0) is 9.73 Å². The summed E-state index contributed by atoms with van der Waals surface area (Å²) >= 11 is 3.36. The molecule has 0 unspecified atom stereocenters. The minimum atomic E-state index is -2.37. The van der Waals surface area contributed by atoms with E-state index in [9.17, 15) is 4.21 Å². The minimum Gasteiger partial charge on any atom is -0.245 e. The van der Waals surface area contributed by atoms with Crippen LogP contribution in [0.15, 0.2) is 68.3 Å². The zero-order chi connectivity index (χ0) is 12.3. The van der Waals surface area contributed by atoms with Crippen LogP contribution in [0.5, 0.6) is 0 Å². The summed E-state index contributed by atoms with van der Waals surface area (Å²) in [5, 5.41) is 0. The molecule has 0 saturated carbocycles. The van der Waals surface area contributed by atoms with Gasteiger partial charge in [0.2, 0.25) is 0 Å². The van der Waals surface area contributed by atoms with Gasteiger partial charge in [0.25, 0.3) is 0 Å². The number of benzene rings is 2. The van der Waals surface area contributed by atoms with E-state index in [2.05, 4.69) is 20.3 Å². The van der Waals surface area contributed by atoms with Crippen molar-refractivity contribution in [3.05, 3.63) is 59.1 Å². The van der Waals surface area contributed by atoms with Gasteiger partial charge in [-0.2, -0.15) is 4.36 Å². The van der Waals surface area contributed by atoms with Gasteiger partial charge in [-0.1, -0.05) is 34.1 Å². The van der Waals surface area contributed by atoms with Crippen molar-refractivity contribution in [1.29, 1.82) is 0 Å². The molecule has 88 valence electrons. The van der Waals surface area contributed by atoms with Gasteiger partial charge in [0.1, 0.15) is 0 Å². The van der Waals surface area contributed by atoms with E-state index in [1.807, 2.05) is 54.6 Å². The van der Waals surface area contributed by atoms with Crippen molar-refractivity contribution < 1.29 is 4.21 Å². The van der Waals surface area contributed by atoms with Crippen LogP contribution in [-0.4, -0.2) is 10.5 Å². The molecule has 4 heteroatoms. The first-order chi connectivity index (χ1) is 8.08. The van der Waals surface area contributed by atoms with Gasteiger partial charge in [-0.25, -0.2) is 4.21 Å². The Hall–Kier alpha value is -1.13. The van der Waals surface area contributed by atoms with Crippen LogP contribution in [0.4, 0.5) is 5.69 Å². The molecule has 0 amide bonds. The molecular formula is C13H12BrNOS. The lowest BCUT2D eigenvalue weighted by Crippen LogP contribution is -1.95. The maximum absolute atomic E-state index is 12.5. The molecule has 0 fully saturated rings. The Labute approximate surface area is 110 Å². The van der Waals surface area contributed by atoms with E-state index in [1.165, 1.54) is 0 Å². The molecule has 1 atom stereocenters. The topological polar surface area (TPSA) is 29.4 Å². The first-order valence-electron chi connectivity index (χ1n) is 5.11. The highest BCUT2D eigenvalue weighted by atomic mass is 79.9. The summed E-state index contributed by atoms with van der Waals surface area (Å²) in [7, 11) is -2.37. The largest absolute Gasteiger partial charge is 0.245 e. The van der Waals surface area contributed by atoms with Gasteiger partial charge in [-0.3, -0.25) is 0 Å². The predicted octanol–water partition coefficient (Wildman–Crippen LogP) is 4.24. The fourth-order valence-electron chi connectivity index (χ4n) is 1.43. The third kappa shape index (κ3) is 3.17. The summed E-state index contributed by atoms with van der Waals surface area (Å²) in [5.41, 5.74) is 0.726. The molecule has 0 aliphatic rings. The van der Waals surface area contributed by atoms with Crippen molar-refractivity contribution in [3.63, 3.8) is 0 Å². The number of halogens is 1. The van der Waals surface area contributed by atoms with Crippen LogP contribution < -0.4 is 0 Å². The van der Waals surface area contributed by atoms with E-state index in [0.29, 0.717) is 0 Å². The first kappa shape index (κ1) is 12.3. The van der Waals surface area contributed by atoms with Crippen LogP contribution in [0.3, 0.4) is 0 Å². The Balaban J connectivity index is 2.46. The summed E-state index contributed by atoms with van der Waals surface area (Å²) in [4.78, 5) is 0.753. The lowest BCUT2D eigenvalue weighted by atomic mass is 10.3. The molecule has 2 nitrogen and oxygen atoms in total. The van der Waals surface area contributed by atoms with Crippen LogP contribution >= 0.6 is 15.9 Å². The normalized spacial score (nSPS) is 14.0. The Morgan fingerprint density at radius 3 is 2.18 bits per heavy atom. The van der Waals surface area contributed by atoms with E-state index in [1.54, 1.807) is 6.26 Å². The molecule has 0 saturated heterocycles. The summed E-state index contributed by atoms with van der Waals surface area (Å²) in [6.07, 6.45) is 1.66. The van der Waals surface area contributed by atoms with Crippen LogP contribution in [0.25, 0.3) is 0 Å². The van der Waals surface area contributed by atoms with Gasteiger partial charge in [0.15, 0.2) is 0 Å². The molecule has 0 aromatic heterocycles. The molecule has 0 heterocycles. The third-order valence-corrected chi connectivity index (χ3v) is 4.52. The third-order valence-electron chi connectivity index (χ3n) is 2.29. The molecule has 17 heavy (non-hydrogen) atoms. The summed E-state index contributed by atoms with van der Waals surface area (Å²) in [5.74, 6) is 0. The number of hydrogen-bond donors (Lipinski definition) is 0. The van der Waals surface area contributed by atoms with E-state index in [0.717, 1.165) is 15.1 Å². The first-order valence-corrected chi connectivity index (χ1v) is 7.82. The Morgan fingerprint density at radius 1 is 1.00 bits per heavy atom. The molecule has 2 rings (SSSR count). The van der Waals surface area contributed by atoms with Crippen molar-refractivity contribution in [1.82, 2.24) is 0 Å². The average molecular weight is 310 g/mol. The molecular weight excluding hydrogens is 298 g/mol.